The minimum absolute atomic E-state index is 0.122. The number of hydrogen-bond donors (Lipinski definition) is 0. The van der Waals surface area contributed by atoms with Gasteiger partial charge in [0.05, 0.1) is 6.54 Å². The zero-order valence-electron chi connectivity index (χ0n) is 6.46. The van der Waals surface area contributed by atoms with Crippen LogP contribution in [0.15, 0.2) is 0 Å². The Morgan fingerprint density at radius 3 is 2.50 bits per heavy atom. The number of nitrogens with zero attached hydrogens (tertiary/aromatic N) is 1. The lowest BCUT2D eigenvalue weighted by Crippen LogP contribution is -2.21. The first-order chi connectivity index (χ1) is 4.66. The summed E-state index contributed by atoms with van der Waals surface area (Å²) in [6, 6.07) is 0. The Kier molecular flexibility index (Phi) is 4.76. The van der Waals surface area contributed by atoms with Gasteiger partial charge in [0.2, 0.25) is 0 Å². The number of ketones is 1. The third-order valence-corrected chi connectivity index (χ3v) is 1.03. The second-order valence-electron chi connectivity index (χ2n) is 2.48. The molecule has 0 aromatic rings. The Balaban J connectivity index is 3.34. The second kappa shape index (κ2) is 5.11. The van der Waals surface area contributed by atoms with E-state index in [2.05, 4.69) is 0 Å². The van der Waals surface area contributed by atoms with Crippen LogP contribution in [0, 0.1) is 0 Å². The zero-order valence-corrected chi connectivity index (χ0v) is 6.46. The average molecular weight is 143 g/mol. The van der Waals surface area contributed by atoms with Crippen molar-refractivity contribution in [3.8, 4) is 0 Å². The fraction of sp³-hybridized carbons (Fsp3) is 0.714. The maximum atomic E-state index is 10.8. The molecule has 0 atom stereocenters. The van der Waals surface area contributed by atoms with Gasteiger partial charge >= 0.3 is 0 Å². The fourth-order valence-electron chi connectivity index (χ4n) is 0.652. The topological polar surface area (TPSA) is 37.4 Å². The van der Waals surface area contributed by atoms with Crippen molar-refractivity contribution in [2.24, 2.45) is 0 Å². The van der Waals surface area contributed by atoms with Crippen molar-refractivity contribution < 1.29 is 9.59 Å². The highest BCUT2D eigenvalue weighted by molar-refractivity contribution is 5.82. The number of aldehydes is 1. The number of Topliss-reactive ketones (excluding diaryl/α,β-unsaturated/α-hetero) is 1. The van der Waals surface area contributed by atoms with E-state index in [1.165, 1.54) is 0 Å². The van der Waals surface area contributed by atoms with Gasteiger partial charge in [-0.05, 0) is 14.1 Å². The molecule has 3 heteroatoms. The van der Waals surface area contributed by atoms with Crippen molar-refractivity contribution in [3.05, 3.63) is 0 Å². The van der Waals surface area contributed by atoms with Gasteiger partial charge in [0.15, 0.2) is 0 Å². The van der Waals surface area contributed by atoms with E-state index < -0.39 is 0 Å². The van der Waals surface area contributed by atoms with Crippen LogP contribution in [0.1, 0.15) is 12.8 Å². The summed E-state index contributed by atoms with van der Waals surface area (Å²) in [6.45, 7) is 0.438. The summed E-state index contributed by atoms with van der Waals surface area (Å²) in [5.74, 6) is 0.122. The summed E-state index contributed by atoms with van der Waals surface area (Å²) in [6.07, 6.45) is 1.50. The van der Waals surface area contributed by atoms with E-state index in [4.69, 9.17) is 0 Å². The highest BCUT2D eigenvalue weighted by atomic mass is 16.1. The van der Waals surface area contributed by atoms with Gasteiger partial charge < -0.3 is 9.69 Å². The Bertz CT molecular complexity index is 121. The average Bonchev–Trinajstić information content (AvgIpc) is 1.82. The molecule has 0 aliphatic rings. The summed E-state index contributed by atoms with van der Waals surface area (Å²) in [5.41, 5.74) is 0. The molecule has 0 aliphatic carbocycles. The molecule has 0 rings (SSSR count). The predicted molar refractivity (Wildman–Crippen MR) is 38.9 cm³/mol. The van der Waals surface area contributed by atoms with Crippen molar-refractivity contribution in [2.45, 2.75) is 12.8 Å². The standard InChI is InChI=1S/C7H13NO2/c1-8(2)6-7(10)4-3-5-9/h5H,3-4,6H2,1-2H3. The summed E-state index contributed by atoms with van der Waals surface area (Å²) < 4.78 is 0. The number of hydrogen-bond acceptors (Lipinski definition) is 3. The van der Waals surface area contributed by atoms with Gasteiger partial charge in [-0.1, -0.05) is 0 Å². The quantitative estimate of drug-likeness (QED) is 0.512. The molecule has 0 spiro atoms. The van der Waals surface area contributed by atoms with Gasteiger partial charge in [-0.25, -0.2) is 0 Å². The third kappa shape index (κ3) is 5.44. The van der Waals surface area contributed by atoms with Crippen LogP contribution in [0.4, 0.5) is 0 Å². The van der Waals surface area contributed by atoms with Crippen LogP contribution in [0.5, 0.6) is 0 Å². The van der Waals surface area contributed by atoms with E-state index in [1.807, 2.05) is 14.1 Å². The Hall–Kier alpha value is -0.700. The van der Waals surface area contributed by atoms with E-state index in [-0.39, 0.29) is 5.78 Å². The lowest BCUT2D eigenvalue weighted by molar-refractivity contribution is -0.121. The van der Waals surface area contributed by atoms with Crippen LogP contribution in [0.25, 0.3) is 0 Å². The predicted octanol–water partition coefficient (Wildman–Crippen LogP) is 0.0962. The number of carbonyl (C=O) groups excluding carboxylic acids is 2. The molecular formula is C7H13NO2. The van der Waals surface area contributed by atoms with Crippen LogP contribution in [0.3, 0.4) is 0 Å². The number of rotatable bonds is 5. The minimum Gasteiger partial charge on any atom is -0.303 e. The van der Waals surface area contributed by atoms with E-state index >= 15 is 0 Å². The van der Waals surface area contributed by atoms with Gasteiger partial charge in [-0.2, -0.15) is 0 Å². The maximum Gasteiger partial charge on any atom is 0.147 e. The van der Waals surface area contributed by atoms with Crippen LogP contribution >= 0.6 is 0 Å². The van der Waals surface area contributed by atoms with Crippen molar-refractivity contribution in [1.29, 1.82) is 0 Å². The van der Waals surface area contributed by atoms with Crippen molar-refractivity contribution in [3.63, 3.8) is 0 Å². The molecule has 0 amide bonds. The van der Waals surface area contributed by atoms with Gasteiger partial charge in [0.25, 0.3) is 0 Å². The molecule has 0 radical (unpaired) electrons. The fourth-order valence-corrected chi connectivity index (χ4v) is 0.652. The molecule has 0 unspecified atom stereocenters. The Morgan fingerprint density at radius 1 is 1.50 bits per heavy atom. The maximum absolute atomic E-state index is 10.8. The van der Waals surface area contributed by atoms with Crippen molar-refractivity contribution in [2.75, 3.05) is 20.6 Å². The smallest absolute Gasteiger partial charge is 0.147 e. The largest absolute Gasteiger partial charge is 0.303 e. The molecule has 0 bridgehead atoms. The lowest BCUT2D eigenvalue weighted by Gasteiger charge is -2.06. The third-order valence-electron chi connectivity index (χ3n) is 1.03. The van der Waals surface area contributed by atoms with Gasteiger partial charge in [-0.15, -0.1) is 0 Å². The van der Waals surface area contributed by atoms with Crippen LogP contribution < -0.4 is 0 Å². The zero-order chi connectivity index (χ0) is 7.98. The Morgan fingerprint density at radius 2 is 2.10 bits per heavy atom. The summed E-state index contributed by atoms with van der Waals surface area (Å²) in [7, 11) is 3.66. The lowest BCUT2D eigenvalue weighted by atomic mass is 10.2. The van der Waals surface area contributed by atoms with E-state index in [1.54, 1.807) is 4.90 Å². The van der Waals surface area contributed by atoms with Gasteiger partial charge in [-0.3, -0.25) is 4.79 Å². The van der Waals surface area contributed by atoms with Crippen molar-refractivity contribution in [1.82, 2.24) is 4.90 Å². The van der Waals surface area contributed by atoms with Gasteiger partial charge in [0.1, 0.15) is 12.1 Å². The van der Waals surface area contributed by atoms with E-state index in [0.29, 0.717) is 19.4 Å². The molecule has 10 heavy (non-hydrogen) atoms. The molecule has 0 heterocycles. The molecular weight excluding hydrogens is 130 g/mol. The normalized spacial score (nSPS) is 9.90. The monoisotopic (exact) mass is 143 g/mol. The van der Waals surface area contributed by atoms with Crippen LogP contribution in [-0.4, -0.2) is 37.6 Å². The summed E-state index contributed by atoms with van der Waals surface area (Å²) in [5, 5.41) is 0. The number of carbonyl (C=O) groups is 2. The number of likely N-dealkylation sites (N-methyl/N-ethyl adjacent to an activating group) is 1. The molecule has 0 saturated carbocycles. The summed E-state index contributed by atoms with van der Waals surface area (Å²) in [4.78, 5) is 22.4. The molecule has 58 valence electrons. The van der Waals surface area contributed by atoms with E-state index in [9.17, 15) is 9.59 Å². The van der Waals surface area contributed by atoms with Crippen LogP contribution in [-0.2, 0) is 9.59 Å². The first kappa shape index (κ1) is 9.30. The SMILES string of the molecule is CN(C)CC(=O)CCC=O. The van der Waals surface area contributed by atoms with Crippen LogP contribution in [0.2, 0.25) is 0 Å². The first-order valence-electron chi connectivity index (χ1n) is 3.27. The minimum atomic E-state index is 0.122. The molecule has 0 fully saturated rings. The van der Waals surface area contributed by atoms with E-state index in [0.717, 1.165) is 6.29 Å². The molecule has 0 aromatic carbocycles. The first-order valence-corrected chi connectivity index (χ1v) is 3.27. The highest BCUT2D eigenvalue weighted by Gasteiger charge is 2.01. The summed E-state index contributed by atoms with van der Waals surface area (Å²) >= 11 is 0. The van der Waals surface area contributed by atoms with Crippen molar-refractivity contribution >= 4 is 12.1 Å². The second-order valence-corrected chi connectivity index (χ2v) is 2.48. The molecule has 0 aliphatic heterocycles. The molecule has 3 nitrogen and oxygen atoms in total. The Labute approximate surface area is 61.0 Å². The molecule has 0 saturated heterocycles. The molecule has 0 N–H and O–H groups in total. The molecule has 0 aromatic heterocycles. The highest BCUT2D eigenvalue weighted by Crippen LogP contribution is 1.88. The van der Waals surface area contributed by atoms with Gasteiger partial charge in [0, 0.05) is 12.8 Å².